The minimum absolute atomic E-state index is 0.0554. The van der Waals surface area contributed by atoms with Crippen molar-refractivity contribution < 1.29 is 23.7 Å². The zero-order valence-electron chi connectivity index (χ0n) is 20.4. The summed E-state index contributed by atoms with van der Waals surface area (Å²) in [6.45, 7) is 2.10. The minimum Gasteiger partial charge on any atom is -0.477 e. The molecule has 2 aromatic heterocycles. The lowest BCUT2D eigenvalue weighted by atomic mass is 10.0. The Labute approximate surface area is 229 Å². The smallest absolute Gasteiger partial charge is 0.352 e. The van der Waals surface area contributed by atoms with Crippen LogP contribution in [0.5, 0.6) is 0 Å². The number of thioether (sulfide) groups is 2. The molecule has 0 saturated carbocycles. The van der Waals surface area contributed by atoms with Crippen LogP contribution in [0.15, 0.2) is 38.1 Å². The molecule has 37 heavy (non-hydrogen) atoms. The van der Waals surface area contributed by atoms with Crippen molar-refractivity contribution in [2.45, 2.75) is 65.1 Å². The molecule has 1 saturated heterocycles. The van der Waals surface area contributed by atoms with Crippen molar-refractivity contribution in [3.05, 3.63) is 28.8 Å². The number of hydrogen-bond acceptors (Lipinski definition) is 10. The number of unbranched alkanes of at least 4 members (excludes halogenated alkanes) is 3. The fraction of sp³-hybridized carbons (Fsp3) is 0.545. The Balaban J connectivity index is 1.45. The molecule has 1 fully saturated rings. The van der Waals surface area contributed by atoms with Crippen LogP contribution in [-0.4, -0.2) is 80.4 Å². The number of nitrogens with zero attached hydrogens (tertiary/aromatic N) is 5. The fourth-order valence-corrected chi connectivity index (χ4v) is 8.96. The molecule has 200 valence electrons. The zero-order chi connectivity index (χ0) is 26.5. The summed E-state index contributed by atoms with van der Waals surface area (Å²) in [5.41, 5.74) is 0.535. The van der Waals surface area contributed by atoms with Crippen LogP contribution in [0.4, 0.5) is 0 Å². The van der Waals surface area contributed by atoms with Gasteiger partial charge in [-0.15, -0.1) is 28.2 Å². The maximum absolute atomic E-state index is 13.3. The number of aromatic nitrogens is 4. The number of carbonyl (C=O) groups is 3. The molecule has 4 atom stereocenters. The molecular weight excluding hydrogens is 557 g/mol. The summed E-state index contributed by atoms with van der Waals surface area (Å²) in [4.78, 5) is 39.7. The summed E-state index contributed by atoms with van der Waals surface area (Å²) in [6, 6.07) is 2.69. The van der Waals surface area contributed by atoms with Crippen molar-refractivity contribution >= 4 is 63.4 Å². The first-order chi connectivity index (χ1) is 17.8. The van der Waals surface area contributed by atoms with Crippen molar-refractivity contribution in [2.24, 2.45) is 7.05 Å². The lowest BCUT2D eigenvalue weighted by molar-refractivity contribution is -0.150. The molecule has 0 spiro atoms. The van der Waals surface area contributed by atoms with E-state index in [1.165, 1.54) is 44.4 Å². The second kappa shape index (κ2) is 12.5. The number of aryl methyl sites for hydroxylation is 1. The third-order valence-corrected chi connectivity index (χ3v) is 11.4. The summed E-state index contributed by atoms with van der Waals surface area (Å²) in [7, 11) is 0.160. The SMILES string of the molecule is CCCCCCC(C(=O)NC1C(=O)N2C(C(=O)O)=C(CSc3nnnn3C)CS[C@@H]12)S(=O)c1cccs1. The van der Waals surface area contributed by atoms with E-state index in [4.69, 9.17) is 0 Å². The summed E-state index contributed by atoms with van der Waals surface area (Å²) < 4.78 is 15.3. The maximum Gasteiger partial charge on any atom is 0.352 e. The normalized spacial score (nSPS) is 20.8. The number of thiophene rings is 1. The Morgan fingerprint density at radius 2 is 2.16 bits per heavy atom. The van der Waals surface area contributed by atoms with Crippen LogP contribution in [0.1, 0.15) is 39.0 Å². The van der Waals surface area contributed by atoms with Gasteiger partial charge in [0.2, 0.25) is 11.1 Å². The van der Waals surface area contributed by atoms with Gasteiger partial charge in [-0.25, -0.2) is 9.48 Å². The van der Waals surface area contributed by atoms with Crippen molar-refractivity contribution in [3.63, 3.8) is 0 Å². The summed E-state index contributed by atoms with van der Waals surface area (Å²) in [6.07, 6.45) is 4.24. The molecule has 2 aromatic rings. The largest absolute Gasteiger partial charge is 0.477 e. The molecule has 2 aliphatic rings. The summed E-state index contributed by atoms with van der Waals surface area (Å²) in [5.74, 6) is -1.39. The standard InChI is InChI=1S/C22H28N6O5S4/c1-3-4-5-6-8-14(37(33)15-9-7-10-34-15)18(29)23-16-19(30)28-17(21(31)32)13(11-35-20(16)28)12-36-22-24-25-26-27(22)2/h7,9-10,14,16,20H,3-6,8,11-12H2,1-2H3,(H,23,29)(H,31,32)/t14?,16?,20-,37?/m0/s1. The van der Waals surface area contributed by atoms with Gasteiger partial charge in [-0.1, -0.05) is 50.4 Å². The van der Waals surface area contributed by atoms with E-state index in [1.807, 2.05) is 5.38 Å². The number of tetrazole rings is 1. The second-order valence-corrected chi connectivity index (χ2v) is 13.5. The lowest BCUT2D eigenvalue weighted by Gasteiger charge is -2.49. The van der Waals surface area contributed by atoms with E-state index < -0.39 is 45.2 Å². The topological polar surface area (TPSA) is 147 Å². The minimum atomic E-state index is -1.53. The molecule has 0 aliphatic carbocycles. The molecule has 0 bridgehead atoms. The molecule has 15 heteroatoms. The maximum atomic E-state index is 13.3. The van der Waals surface area contributed by atoms with Crippen LogP contribution < -0.4 is 5.32 Å². The first-order valence-corrected chi connectivity index (χ1v) is 16.0. The number of hydrogen-bond donors (Lipinski definition) is 2. The Bertz CT molecular complexity index is 1200. The number of nitrogens with one attached hydrogen (secondary N) is 1. The zero-order valence-corrected chi connectivity index (χ0v) is 23.6. The van der Waals surface area contributed by atoms with Gasteiger partial charge in [-0.2, -0.15) is 0 Å². The molecule has 3 unspecified atom stereocenters. The average molecular weight is 585 g/mol. The number of β-lactam (4-membered cyclic amide) rings is 1. The highest BCUT2D eigenvalue weighted by Crippen LogP contribution is 2.41. The van der Waals surface area contributed by atoms with Crippen molar-refractivity contribution in [2.75, 3.05) is 11.5 Å². The van der Waals surface area contributed by atoms with Gasteiger partial charge >= 0.3 is 5.97 Å². The van der Waals surface area contributed by atoms with E-state index in [1.54, 1.807) is 19.2 Å². The van der Waals surface area contributed by atoms with Gasteiger partial charge in [0.05, 0.1) is 15.0 Å². The molecule has 2 N–H and O–H groups in total. The predicted molar refractivity (Wildman–Crippen MR) is 142 cm³/mol. The molecule has 2 aliphatic heterocycles. The highest BCUT2D eigenvalue weighted by Gasteiger charge is 2.54. The Hall–Kier alpha value is -2.23. The lowest BCUT2D eigenvalue weighted by Crippen LogP contribution is -2.71. The number of amides is 2. The van der Waals surface area contributed by atoms with Gasteiger partial charge in [0.25, 0.3) is 5.91 Å². The Morgan fingerprint density at radius 1 is 1.35 bits per heavy atom. The monoisotopic (exact) mass is 584 g/mol. The van der Waals surface area contributed by atoms with Gasteiger partial charge in [0.1, 0.15) is 22.4 Å². The van der Waals surface area contributed by atoms with E-state index in [-0.39, 0.29) is 5.70 Å². The molecule has 0 radical (unpaired) electrons. The van der Waals surface area contributed by atoms with E-state index in [0.717, 1.165) is 25.7 Å². The number of carbonyl (C=O) groups excluding carboxylic acids is 2. The van der Waals surface area contributed by atoms with Gasteiger partial charge in [0, 0.05) is 18.6 Å². The fourth-order valence-electron chi connectivity index (χ4n) is 4.15. The third kappa shape index (κ3) is 6.10. The Kier molecular flexibility index (Phi) is 9.42. The molecule has 4 heterocycles. The van der Waals surface area contributed by atoms with Crippen LogP contribution in [0.25, 0.3) is 0 Å². The van der Waals surface area contributed by atoms with E-state index in [2.05, 4.69) is 27.8 Å². The highest BCUT2D eigenvalue weighted by atomic mass is 32.2. The summed E-state index contributed by atoms with van der Waals surface area (Å²) in [5, 5.41) is 25.0. The molecular formula is C22H28N6O5S4. The molecule has 11 nitrogen and oxygen atoms in total. The van der Waals surface area contributed by atoms with E-state index >= 15 is 0 Å². The van der Waals surface area contributed by atoms with Crippen LogP contribution in [0.3, 0.4) is 0 Å². The summed E-state index contributed by atoms with van der Waals surface area (Å²) >= 11 is 4.03. The molecule has 2 amide bonds. The van der Waals surface area contributed by atoms with Gasteiger partial charge in [-0.05, 0) is 33.9 Å². The molecule has 0 aromatic carbocycles. The molecule has 4 rings (SSSR count). The quantitative estimate of drug-likeness (QED) is 0.204. The van der Waals surface area contributed by atoms with Gasteiger partial charge in [-0.3, -0.25) is 18.7 Å². The average Bonchev–Trinajstić information content (AvgIpc) is 3.57. The van der Waals surface area contributed by atoms with E-state index in [9.17, 15) is 23.7 Å². The Morgan fingerprint density at radius 3 is 2.81 bits per heavy atom. The predicted octanol–water partition coefficient (Wildman–Crippen LogP) is 2.25. The first-order valence-electron chi connectivity index (χ1n) is 11.8. The third-order valence-electron chi connectivity index (χ3n) is 6.07. The van der Waals surface area contributed by atoms with Gasteiger partial charge in [0.15, 0.2) is 0 Å². The van der Waals surface area contributed by atoms with Crippen molar-refractivity contribution in [1.29, 1.82) is 0 Å². The number of fused-ring (bicyclic) bond motifs is 1. The van der Waals surface area contributed by atoms with Crippen LogP contribution in [0, 0.1) is 0 Å². The highest BCUT2D eigenvalue weighted by molar-refractivity contribution is 8.01. The first kappa shape index (κ1) is 27.8. The number of carboxylic acids is 1. The van der Waals surface area contributed by atoms with E-state index in [0.29, 0.717) is 32.9 Å². The second-order valence-electron chi connectivity index (χ2n) is 8.59. The van der Waals surface area contributed by atoms with Crippen LogP contribution in [0.2, 0.25) is 0 Å². The number of aliphatic carboxylic acids is 1. The van der Waals surface area contributed by atoms with Crippen LogP contribution >= 0.6 is 34.9 Å². The number of carboxylic acid groups (broad SMARTS) is 1. The van der Waals surface area contributed by atoms with Crippen molar-refractivity contribution in [1.82, 2.24) is 30.4 Å². The van der Waals surface area contributed by atoms with Crippen molar-refractivity contribution in [3.8, 4) is 0 Å². The number of rotatable bonds is 13. The van der Waals surface area contributed by atoms with Gasteiger partial charge < -0.3 is 10.4 Å². The van der Waals surface area contributed by atoms with Crippen LogP contribution in [-0.2, 0) is 32.2 Å².